The van der Waals surface area contributed by atoms with E-state index in [2.05, 4.69) is 20.6 Å². The molecule has 2 fully saturated rings. The number of hydrogen-bond donors (Lipinski definition) is 4. The van der Waals surface area contributed by atoms with Gasteiger partial charge >= 0.3 is 12.1 Å². The van der Waals surface area contributed by atoms with Crippen molar-refractivity contribution in [2.45, 2.75) is 213 Å². The van der Waals surface area contributed by atoms with Gasteiger partial charge in [0.1, 0.15) is 53.1 Å². The van der Waals surface area contributed by atoms with E-state index in [1.54, 1.807) is 37.6 Å². The van der Waals surface area contributed by atoms with Crippen LogP contribution in [0, 0.1) is 24.0 Å². The molecule has 4 N–H and O–H groups in total. The first-order chi connectivity index (χ1) is 39.8. The van der Waals surface area contributed by atoms with Gasteiger partial charge in [-0.05, 0) is 115 Å². The number of unbranched alkanes of at least 4 members (excludes halogenated alkanes) is 7. The molecule has 3 aromatic carbocycles. The number of alkyl halides is 1. The van der Waals surface area contributed by atoms with Crippen LogP contribution < -0.4 is 15.4 Å². The lowest BCUT2D eigenvalue weighted by Crippen LogP contribution is -2.58. The highest BCUT2D eigenvalue weighted by Crippen LogP contribution is 2.44. The quantitative estimate of drug-likeness (QED) is 0.0262. The van der Waals surface area contributed by atoms with Crippen LogP contribution in [-0.2, 0) is 36.8 Å². The zero-order valence-corrected chi connectivity index (χ0v) is 51.6. The van der Waals surface area contributed by atoms with Gasteiger partial charge in [-0.15, -0.1) is 11.3 Å². The number of carbonyl (C=O) groups excluding carboxylic acids is 4. The predicted octanol–water partition coefficient (Wildman–Crippen LogP) is 12.4. The maximum absolute atomic E-state index is 16.2. The molecular weight excluding hydrogens is 1100 g/mol. The van der Waals surface area contributed by atoms with E-state index in [0.29, 0.717) is 57.4 Å². The largest absolute Gasteiger partial charge is 0.493 e. The summed E-state index contributed by atoms with van der Waals surface area (Å²) in [5, 5.41) is 18.6. The zero-order chi connectivity index (χ0) is 60.7. The molecule has 5 aromatic rings. The second kappa shape index (κ2) is 27.6. The summed E-state index contributed by atoms with van der Waals surface area (Å²) in [4.78, 5) is 69.4. The van der Waals surface area contributed by atoms with Crippen molar-refractivity contribution >= 4 is 46.1 Å². The molecule has 458 valence electrons. The van der Waals surface area contributed by atoms with Crippen molar-refractivity contribution in [3.05, 3.63) is 106 Å². The predicted molar refractivity (Wildman–Crippen MR) is 321 cm³/mol. The molecular formula is C65H88F3N7O8S. The number of H-pyrrole nitrogens is 1. The van der Waals surface area contributed by atoms with Gasteiger partial charge in [0.25, 0.3) is 0 Å². The van der Waals surface area contributed by atoms with Crippen LogP contribution in [-0.4, -0.2) is 128 Å². The minimum absolute atomic E-state index is 0.00113. The number of rotatable bonds is 24. The maximum atomic E-state index is 16.2. The van der Waals surface area contributed by atoms with Gasteiger partial charge in [-0.2, -0.15) is 0 Å². The van der Waals surface area contributed by atoms with E-state index in [4.69, 9.17) is 14.2 Å². The van der Waals surface area contributed by atoms with Crippen LogP contribution in [0.3, 0.4) is 0 Å². The van der Waals surface area contributed by atoms with E-state index in [-0.39, 0.29) is 43.4 Å². The Morgan fingerprint density at radius 3 is 2.19 bits per heavy atom. The van der Waals surface area contributed by atoms with Crippen LogP contribution in [0.2, 0.25) is 0 Å². The van der Waals surface area contributed by atoms with Gasteiger partial charge in [-0.1, -0.05) is 102 Å². The lowest BCUT2D eigenvalue weighted by atomic mass is 9.85. The normalized spacial score (nSPS) is 20.2. The number of aliphatic hydroxyl groups excluding tert-OH is 1. The number of amides is 3. The molecule has 19 heteroatoms. The summed E-state index contributed by atoms with van der Waals surface area (Å²) in [6.07, 6.45) is 6.68. The summed E-state index contributed by atoms with van der Waals surface area (Å²) >= 11 is 1.56. The maximum Gasteiger partial charge on any atom is 0.411 e. The van der Waals surface area contributed by atoms with Crippen molar-refractivity contribution in [3.8, 4) is 16.2 Å². The summed E-state index contributed by atoms with van der Waals surface area (Å²) in [6, 6.07) is 14.4. The Hall–Kier alpha value is -6.02. The Bertz CT molecular complexity index is 3040. The molecule has 0 aliphatic carbocycles. The number of fused-ring (bicyclic) bond motifs is 3. The molecule has 1 unspecified atom stereocenters. The van der Waals surface area contributed by atoms with Crippen LogP contribution in [0.25, 0.3) is 21.3 Å². The number of esters is 1. The number of halogens is 3. The lowest BCUT2D eigenvalue weighted by Gasteiger charge is -2.43. The fraction of sp³-hybridized carbons (Fsp3) is 0.585. The Balaban J connectivity index is 0.796. The number of likely N-dealkylation sites (tertiary alicyclic amines) is 2. The second-order valence-electron chi connectivity index (χ2n) is 26.0. The zero-order valence-electron chi connectivity index (χ0n) is 50.8. The molecule has 84 heavy (non-hydrogen) atoms. The first kappa shape index (κ1) is 64.0. The number of para-hydroxylation sites is 1. The second-order valence-corrected chi connectivity index (χ2v) is 26.8. The summed E-state index contributed by atoms with van der Waals surface area (Å²) < 4.78 is 65.1. The smallest absolute Gasteiger partial charge is 0.411 e. The average Bonchev–Trinajstić information content (AvgIpc) is 2.90. The van der Waals surface area contributed by atoms with Crippen molar-refractivity contribution in [2.24, 2.45) is 5.41 Å². The molecule has 2 aromatic heterocycles. The number of benzene rings is 3. The molecule has 2 saturated heterocycles. The van der Waals surface area contributed by atoms with Gasteiger partial charge in [0.05, 0.1) is 41.3 Å². The fourth-order valence-corrected chi connectivity index (χ4v) is 12.9. The molecule has 8 rings (SSSR count). The Labute approximate surface area is 497 Å². The number of nitrogens with zero attached hydrogens (tertiary/aromatic N) is 4. The van der Waals surface area contributed by atoms with E-state index in [9.17, 15) is 24.3 Å². The van der Waals surface area contributed by atoms with Crippen LogP contribution in [0.15, 0.2) is 66.2 Å². The first-order valence-electron chi connectivity index (χ1n) is 30.1. The third kappa shape index (κ3) is 16.3. The highest BCUT2D eigenvalue weighted by atomic mass is 32.1. The van der Waals surface area contributed by atoms with Gasteiger partial charge < -0.3 is 34.5 Å². The van der Waals surface area contributed by atoms with Crippen LogP contribution >= 0.6 is 11.3 Å². The number of carbonyl (C=O) groups is 4. The van der Waals surface area contributed by atoms with Crippen molar-refractivity contribution in [2.75, 3.05) is 26.2 Å². The first-order valence-corrected chi connectivity index (χ1v) is 31.0. The van der Waals surface area contributed by atoms with Crippen LogP contribution in [0.5, 0.6) is 5.75 Å². The summed E-state index contributed by atoms with van der Waals surface area (Å²) in [5.41, 5.74) is 4.01. The number of hydrogen-bond acceptors (Lipinski definition) is 12. The van der Waals surface area contributed by atoms with Crippen LogP contribution in [0.1, 0.15) is 173 Å². The van der Waals surface area contributed by atoms with Gasteiger partial charge in [-0.3, -0.25) is 24.7 Å². The van der Waals surface area contributed by atoms with Crippen molar-refractivity contribution < 1.29 is 51.7 Å². The average molecular weight is 1180 g/mol. The highest BCUT2D eigenvalue weighted by molar-refractivity contribution is 7.13. The van der Waals surface area contributed by atoms with Crippen molar-refractivity contribution in [1.29, 1.82) is 0 Å². The molecule has 0 spiro atoms. The molecule has 3 amide bonds. The number of aromatic nitrogens is 2. The minimum Gasteiger partial charge on any atom is -0.493 e. The highest BCUT2D eigenvalue weighted by Gasteiger charge is 2.48. The van der Waals surface area contributed by atoms with Gasteiger partial charge in [-0.25, -0.2) is 27.7 Å². The van der Waals surface area contributed by atoms with E-state index < -0.39 is 88.7 Å². The van der Waals surface area contributed by atoms with E-state index in [1.165, 1.54) is 35.8 Å². The van der Waals surface area contributed by atoms with Gasteiger partial charge in [0.2, 0.25) is 11.8 Å². The van der Waals surface area contributed by atoms with E-state index >= 15 is 13.2 Å². The van der Waals surface area contributed by atoms with Gasteiger partial charge in [0.15, 0.2) is 0 Å². The number of nitrogens with one attached hydrogen (secondary N) is 3. The number of aromatic amines is 1. The Morgan fingerprint density at radius 2 is 1.55 bits per heavy atom. The SMILES string of the molecule is Cc1ncsc1-c1ccc(CNC(=O)[C@@H]2C[C@@H](OC(=O)[C@@H]3CCCN3C(=O)OC(C)(C)C)CN2C(=O)[C@@H](NC(O)CCCCCCCCCCOc2cc(F)c([C@@H]3c4[nH]c5ccccc5c4C[C@@H](C)N3CC(C)(C)F)c(F)c2)C(C)(C)C)cc1. The van der Waals surface area contributed by atoms with Crippen molar-refractivity contribution in [1.82, 2.24) is 35.3 Å². The molecule has 15 nitrogen and oxygen atoms in total. The van der Waals surface area contributed by atoms with E-state index in [0.717, 1.165) is 76.7 Å². The minimum atomic E-state index is -1.60. The molecule has 3 aliphatic rings. The third-order valence-electron chi connectivity index (χ3n) is 16.2. The summed E-state index contributed by atoms with van der Waals surface area (Å²) in [6.45, 7) is 18.7. The van der Waals surface area contributed by atoms with Gasteiger partial charge in [0, 0.05) is 66.4 Å². The molecule has 3 aliphatic heterocycles. The molecule has 0 radical (unpaired) electrons. The lowest BCUT2D eigenvalue weighted by molar-refractivity contribution is -0.154. The molecule has 0 bridgehead atoms. The summed E-state index contributed by atoms with van der Waals surface area (Å²) in [5.74, 6) is -2.77. The van der Waals surface area contributed by atoms with Crippen LogP contribution in [0.4, 0.5) is 18.0 Å². The number of thiazole rings is 1. The topological polar surface area (TPSA) is 179 Å². The fourth-order valence-electron chi connectivity index (χ4n) is 12.1. The van der Waals surface area contributed by atoms with Crippen molar-refractivity contribution in [3.63, 3.8) is 0 Å². The molecule has 5 heterocycles. The Morgan fingerprint density at radius 1 is 0.881 bits per heavy atom. The van der Waals surface area contributed by atoms with E-state index in [1.807, 2.05) is 88.0 Å². The standard InChI is InChI=1S/C65H88F3N7O8S/c1-40-32-47-46-22-18-19-23-50(46)71-55(47)56(75(40)38-65(9,10)68)54-48(66)33-44(34-49(54)67)81-31-20-16-14-12-11-13-15-17-25-53(76)72-58(63(3,4)5)60(78)74-37-45(82-61(79)51-24-21-30-73(51)62(80)83-64(6,7)8)35-52(74)59(77)69-36-42-26-28-43(29-27-42)57-41(2)70-39-84-57/h18-19,22-23,26-29,33-34,39-40,45,51-53,56,58,71-72,76H,11-17,20-21,24-25,30-32,35-38H2,1-10H3,(H,69,77)/t40-,45-,51+,52+,53?,56-,58-/m1/s1. The number of aryl methyl sites for hydroxylation is 1. The summed E-state index contributed by atoms with van der Waals surface area (Å²) in [7, 11) is 0. The molecule has 0 saturated carbocycles. The molecule has 7 atom stereocenters. The number of ether oxygens (including phenoxy) is 3. The third-order valence-corrected chi connectivity index (χ3v) is 17.2. The Kier molecular flexibility index (Phi) is 21.0. The monoisotopic (exact) mass is 1180 g/mol. The number of aliphatic hydroxyl groups is 1.